The molecule has 1 N–H and O–H groups in total. The molecule has 0 spiro atoms. The Labute approximate surface area is 104 Å². The van der Waals surface area contributed by atoms with Gasteiger partial charge in [0.25, 0.3) is 0 Å². The molecule has 1 saturated heterocycles. The predicted molar refractivity (Wildman–Crippen MR) is 64.4 cm³/mol. The second-order valence-corrected chi connectivity index (χ2v) is 5.38. The van der Waals surface area contributed by atoms with Gasteiger partial charge < -0.3 is 5.32 Å². The third kappa shape index (κ3) is 2.12. The Bertz CT molecular complexity index is 439. The molecule has 2 amide bonds. The number of thiophene rings is 1. The summed E-state index contributed by atoms with van der Waals surface area (Å²) in [6.45, 7) is 0.658. The highest BCUT2D eigenvalue weighted by Crippen LogP contribution is 2.31. The topological polar surface area (TPSA) is 49.4 Å². The van der Waals surface area contributed by atoms with E-state index < -0.39 is 0 Å². The van der Waals surface area contributed by atoms with Gasteiger partial charge >= 0.3 is 0 Å². The molecule has 17 heavy (non-hydrogen) atoms. The first-order chi connectivity index (χ1) is 8.25. The van der Waals surface area contributed by atoms with Gasteiger partial charge in [0.05, 0.1) is 12.5 Å². The molecule has 1 aliphatic carbocycles. The third-order valence-corrected chi connectivity index (χ3v) is 3.96. The quantitative estimate of drug-likeness (QED) is 0.815. The van der Waals surface area contributed by atoms with Crippen molar-refractivity contribution in [3.8, 4) is 0 Å². The van der Waals surface area contributed by atoms with E-state index in [9.17, 15) is 9.59 Å². The van der Waals surface area contributed by atoms with Gasteiger partial charge in [-0.15, -0.1) is 0 Å². The highest BCUT2D eigenvalue weighted by Gasteiger charge is 2.45. The van der Waals surface area contributed by atoms with Gasteiger partial charge in [-0.3, -0.25) is 14.5 Å². The average molecular weight is 250 g/mol. The summed E-state index contributed by atoms with van der Waals surface area (Å²) in [5.41, 5.74) is 1.17. The SMILES string of the molecule is O=C1CC(NCc2ccsc2)C(=O)N1C1CC1. The van der Waals surface area contributed by atoms with Crippen molar-refractivity contribution in [2.24, 2.45) is 0 Å². The number of likely N-dealkylation sites (tertiary alicyclic amines) is 1. The average Bonchev–Trinajstić information content (AvgIpc) is 2.90. The number of hydrogen-bond acceptors (Lipinski definition) is 4. The fraction of sp³-hybridized carbons (Fsp3) is 0.500. The molecule has 1 saturated carbocycles. The molecule has 2 heterocycles. The molecule has 1 aromatic heterocycles. The monoisotopic (exact) mass is 250 g/mol. The Kier molecular flexibility index (Phi) is 2.72. The number of rotatable bonds is 4. The zero-order chi connectivity index (χ0) is 11.8. The van der Waals surface area contributed by atoms with Gasteiger partial charge in [0.1, 0.15) is 0 Å². The van der Waals surface area contributed by atoms with Gasteiger partial charge in [-0.1, -0.05) is 0 Å². The lowest BCUT2D eigenvalue weighted by atomic mass is 10.2. The second kappa shape index (κ2) is 4.23. The summed E-state index contributed by atoms with van der Waals surface area (Å²) in [5.74, 6) is -0.0481. The largest absolute Gasteiger partial charge is 0.301 e. The summed E-state index contributed by atoms with van der Waals surface area (Å²) in [6, 6.07) is 1.91. The number of nitrogens with zero attached hydrogens (tertiary/aromatic N) is 1. The predicted octanol–water partition coefficient (Wildman–Crippen LogP) is 1.13. The maximum absolute atomic E-state index is 12.0. The summed E-state index contributed by atoms with van der Waals surface area (Å²) >= 11 is 1.64. The molecule has 4 nitrogen and oxygen atoms in total. The molecule has 3 rings (SSSR count). The maximum atomic E-state index is 12.0. The highest BCUT2D eigenvalue weighted by molar-refractivity contribution is 7.07. The van der Waals surface area contributed by atoms with Crippen LogP contribution in [-0.2, 0) is 16.1 Å². The van der Waals surface area contributed by atoms with E-state index in [0.717, 1.165) is 12.8 Å². The van der Waals surface area contributed by atoms with Gasteiger partial charge in [0.15, 0.2) is 0 Å². The van der Waals surface area contributed by atoms with E-state index >= 15 is 0 Å². The van der Waals surface area contributed by atoms with Crippen LogP contribution in [0.4, 0.5) is 0 Å². The lowest BCUT2D eigenvalue weighted by molar-refractivity contribution is -0.139. The third-order valence-electron chi connectivity index (χ3n) is 3.23. The Morgan fingerprint density at radius 1 is 1.41 bits per heavy atom. The molecule has 1 aliphatic heterocycles. The van der Waals surface area contributed by atoms with E-state index in [-0.39, 0.29) is 23.9 Å². The minimum absolute atomic E-state index is 0.0136. The molecule has 0 aromatic carbocycles. The zero-order valence-electron chi connectivity index (χ0n) is 9.39. The first-order valence-corrected chi connectivity index (χ1v) is 6.80. The van der Waals surface area contributed by atoms with Crippen LogP contribution in [0.5, 0.6) is 0 Å². The van der Waals surface area contributed by atoms with E-state index in [1.54, 1.807) is 11.3 Å². The number of nitrogens with one attached hydrogen (secondary N) is 1. The smallest absolute Gasteiger partial charge is 0.247 e. The Morgan fingerprint density at radius 2 is 2.24 bits per heavy atom. The van der Waals surface area contributed by atoms with Gasteiger partial charge in [0.2, 0.25) is 11.8 Å². The Hall–Kier alpha value is -1.20. The molecular weight excluding hydrogens is 236 g/mol. The fourth-order valence-corrected chi connectivity index (χ4v) is 2.83. The number of imide groups is 1. The summed E-state index contributed by atoms with van der Waals surface area (Å²) in [4.78, 5) is 25.2. The van der Waals surface area contributed by atoms with Crippen LogP contribution in [0.2, 0.25) is 0 Å². The van der Waals surface area contributed by atoms with Crippen molar-refractivity contribution >= 4 is 23.2 Å². The van der Waals surface area contributed by atoms with E-state index in [4.69, 9.17) is 0 Å². The van der Waals surface area contributed by atoms with E-state index in [1.165, 1.54) is 10.5 Å². The summed E-state index contributed by atoms with van der Waals surface area (Å²) in [7, 11) is 0. The van der Waals surface area contributed by atoms with Crippen LogP contribution >= 0.6 is 11.3 Å². The number of amides is 2. The van der Waals surface area contributed by atoms with Gasteiger partial charge in [-0.05, 0) is 35.2 Å². The van der Waals surface area contributed by atoms with Gasteiger partial charge in [-0.2, -0.15) is 11.3 Å². The maximum Gasteiger partial charge on any atom is 0.247 e. The first-order valence-electron chi connectivity index (χ1n) is 5.86. The molecule has 1 aromatic rings. The molecule has 1 unspecified atom stereocenters. The molecule has 1 atom stereocenters. The van der Waals surface area contributed by atoms with Gasteiger partial charge in [-0.25, -0.2) is 0 Å². The summed E-state index contributed by atoms with van der Waals surface area (Å²) in [5, 5.41) is 7.23. The number of carbonyl (C=O) groups excluding carboxylic acids is 2. The van der Waals surface area contributed by atoms with Crippen molar-refractivity contribution in [2.45, 2.75) is 37.9 Å². The zero-order valence-corrected chi connectivity index (χ0v) is 10.2. The van der Waals surface area contributed by atoms with E-state index in [2.05, 4.69) is 5.32 Å². The minimum Gasteiger partial charge on any atom is -0.301 e. The first kappa shape index (κ1) is 10.9. The standard InChI is InChI=1S/C12H14N2O2S/c15-11-5-10(12(16)14(11)9-1-2-9)13-6-8-3-4-17-7-8/h3-4,7,9-10,13H,1-2,5-6H2. The molecule has 5 heteroatoms. The van der Waals surface area contributed by atoms with Crippen molar-refractivity contribution in [3.63, 3.8) is 0 Å². The van der Waals surface area contributed by atoms with Crippen LogP contribution < -0.4 is 5.32 Å². The van der Waals surface area contributed by atoms with Crippen LogP contribution in [0.3, 0.4) is 0 Å². The molecule has 0 radical (unpaired) electrons. The minimum atomic E-state index is -0.317. The lowest BCUT2D eigenvalue weighted by Crippen LogP contribution is -2.39. The lowest BCUT2D eigenvalue weighted by Gasteiger charge is -2.14. The highest BCUT2D eigenvalue weighted by atomic mass is 32.1. The molecule has 90 valence electrons. The molecular formula is C12H14N2O2S. The van der Waals surface area contributed by atoms with Crippen LogP contribution in [0.1, 0.15) is 24.8 Å². The Morgan fingerprint density at radius 3 is 2.88 bits per heavy atom. The number of hydrogen-bond donors (Lipinski definition) is 1. The van der Waals surface area contributed by atoms with Crippen LogP contribution in [-0.4, -0.2) is 28.8 Å². The van der Waals surface area contributed by atoms with Crippen molar-refractivity contribution in [2.75, 3.05) is 0 Å². The van der Waals surface area contributed by atoms with Crippen molar-refractivity contribution in [1.82, 2.24) is 10.2 Å². The van der Waals surface area contributed by atoms with Crippen LogP contribution in [0, 0.1) is 0 Å². The number of carbonyl (C=O) groups is 2. The fourth-order valence-electron chi connectivity index (χ4n) is 2.16. The van der Waals surface area contributed by atoms with E-state index in [0.29, 0.717) is 13.0 Å². The van der Waals surface area contributed by atoms with Crippen LogP contribution in [0.15, 0.2) is 16.8 Å². The normalized spacial score (nSPS) is 24.7. The van der Waals surface area contributed by atoms with Gasteiger partial charge in [0, 0.05) is 12.6 Å². The second-order valence-electron chi connectivity index (χ2n) is 4.60. The van der Waals surface area contributed by atoms with Crippen molar-refractivity contribution in [1.29, 1.82) is 0 Å². The molecule has 2 aliphatic rings. The Balaban J connectivity index is 1.61. The van der Waals surface area contributed by atoms with Crippen molar-refractivity contribution in [3.05, 3.63) is 22.4 Å². The molecule has 2 fully saturated rings. The molecule has 0 bridgehead atoms. The van der Waals surface area contributed by atoms with Crippen molar-refractivity contribution < 1.29 is 9.59 Å². The van der Waals surface area contributed by atoms with Crippen LogP contribution in [0.25, 0.3) is 0 Å². The summed E-state index contributed by atoms with van der Waals surface area (Å²) in [6.07, 6.45) is 2.28. The summed E-state index contributed by atoms with van der Waals surface area (Å²) < 4.78 is 0. The van der Waals surface area contributed by atoms with E-state index in [1.807, 2.05) is 16.8 Å².